The van der Waals surface area contributed by atoms with Crippen LogP contribution in [0.3, 0.4) is 0 Å². The summed E-state index contributed by atoms with van der Waals surface area (Å²) < 4.78 is 40.6. The van der Waals surface area contributed by atoms with E-state index in [4.69, 9.17) is 0 Å². The van der Waals surface area contributed by atoms with E-state index in [1.165, 1.54) is 24.3 Å². The van der Waals surface area contributed by atoms with Crippen molar-refractivity contribution in [3.05, 3.63) is 76.5 Å². The summed E-state index contributed by atoms with van der Waals surface area (Å²) in [6.07, 6.45) is -3.26. The Labute approximate surface area is 218 Å². The van der Waals surface area contributed by atoms with Crippen LogP contribution in [-0.2, 0) is 11.0 Å². The van der Waals surface area contributed by atoms with E-state index in [-0.39, 0.29) is 35.6 Å². The Morgan fingerprint density at radius 3 is 2.39 bits per heavy atom. The second-order valence-corrected chi connectivity index (χ2v) is 9.98. The monoisotopic (exact) mass is 524 g/mol. The van der Waals surface area contributed by atoms with E-state index in [1.807, 2.05) is 13.0 Å². The first-order valence-electron chi connectivity index (χ1n) is 12.3. The van der Waals surface area contributed by atoms with Crippen molar-refractivity contribution in [1.29, 1.82) is 5.26 Å². The SMILES string of the molecule is CCC(C)(C)NC(=O)N1C(=O)N(c2cccc(C(F)(F)F)c2)C2=C(C(=O)CCC2)C1c1ccc(C#N)cc1. The highest BCUT2D eigenvalue weighted by molar-refractivity contribution is 6.11. The second kappa shape index (κ2) is 9.97. The molecule has 0 spiro atoms. The molecule has 1 aliphatic carbocycles. The van der Waals surface area contributed by atoms with Gasteiger partial charge < -0.3 is 5.32 Å². The van der Waals surface area contributed by atoms with E-state index in [9.17, 15) is 32.8 Å². The van der Waals surface area contributed by atoms with Crippen molar-refractivity contribution in [2.75, 3.05) is 4.90 Å². The number of hydrogen-bond donors (Lipinski definition) is 1. The predicted molar refractivity (Wildman–Crippen MR) is 134 cm³/mol. The summed E-state index contributed by atoms with van der Waals surface area (Å²) in [5, 5.41) is 12.0. The lowest BCUT2D eigenvalue weighted by atomic mass is 9.83. The number of carbonyl (C=O) groups excluding carboxylic acids is 3. The van der Waals surface area contributed by atoms with Gasteiger partial charge in [0.05, 0.1) is 28.9 Å². The van der Waals surface area contributed by atoms with Crippen molar-refractivity contribution >= 4 is 23.5 Å². The molecule has 10 heteroatoms. The van der Waals surface area contributed by atoms with Crippen LogP contribution in [0.2, 0.25) is 0 Å². The Hall–Kier alpha value is -4.13. The number of alkyl halides is 3. The molecule has 0 bridgehead atoms. The van der Waals surface area contributed by atoms with Gasteiger partial charge in [0, 0.05) is 23.2 Å². The second-order valence-electron chi connectivity index (χ2n) is 9.98. The smallest absolute Gasteiger partial charge is 0.333 e. The zero-order valence-electron chi connectivity index (χ0n) is 21.2. The van der Waals surface area contributed by atoms with Crippen molar-refractivity contribution < 1.29 is 27.6 Å². The Kier molecular flexibility index (Phi) is 7.06. The summed E-state index contributed by atoms with van der Waals surface area (Å²) in [6, 6.07) is 9.75. The molecule has 0 saturated carbocycles. The molecule has 0 aromatic heterocycles. The van der Waals surface area contributed by atoms with Crippen LogP contribution in [0.5, 0.6) is 0 Å². The van der Waals surface area contributed by atoms with Crippen LogP contribution in [-0.4, -0.2) is 28.3 Å². The summed E-state index contributed by atoms with van der Waals surface area (Å²) in [4.78, 5) is 43.1. The van der Waals surface area contributed by atoms with Gasteiger partial charge in [-0.2, -0.15) is 18.4 Å². The molecule has 0 saturated heterocycles. The highest BCUT2D eigenvalue weighted by Crippen LogP contribution is 2.45. The number of nitrogens with zero attached hydrogens (tertiary/aromatic N) is 3. The number of anilines is 1. The molecule has 1 aliphatic heterocycles. The Morgan fingerprint density at radius 2 is 1.79 bits per heavy atom. The van der Waals surface area contributed by atoms with Gasteiger partial charge in [0.1, 0.15) is 0 Å². The van der Waals surface area contributed by atoms with Crippen molar-refractivity contribution in [3.8, 4) is 6.07 Å². The van der Waals surface area contributed by atoms with E-state index >= 15 is 0 Å². The zero-order chi connectivity index (χ0) is 27.8. The van der Waals surface area contributed by atoms with Gasteiger partial charge in [-0.05, 0) is 69.0 Å². The largest absolute Gasteiger partial charge is 0.416 e. The van der Waals surface area contributed by atoms with Crippen molar-refractivity contribution in [2.45, 2.75) is 64.2 Å². The van der Waals surface area contributed by atoms with E-state index in [2.05, 4.69) is 5.32 Å². The van der Waals surface area contributed by atoms with Gasteiger partial charge >= 0.3 is 18.2 Å². The molecule has 2 aliphatic rings. The van der Waals surface area contributed by atoms with Crippen LogP contribution < -0.4 is 10.2 Å². The number of amides is 4. The standard InChI is InChI=1S/C28H27F3N4O3/c1-4-27(2,3)33-25(37)35-24(18-13-11-17(16-32)12-14-18)23-21(9-6-10-22(23)36)34(26(35)38)20-8-5-7-19(15-20)28(29,30)31/h5,7-8,11-15,24H,4,6,9-10H2,1-3H3,(H,33,37). The average molecular weight is 525 g/mol. The van der Waals surface area contributed by atoms with Crippen LogP contribution in [0.1, 0.15) is 69.2 Å². The lowest BCUT2D eigenvalue weighted by Gasteiger charge is -2.45. The summed E-state index contributed by atoms with van der Waals surface area (Å²) in [7, 11) is 0. The lowest BCUT2D eigenvalue weighted by molar-refractivity contribution is -0.137. The van der Waals surface area contributed by atoms with Gasteiger partial charge in [0.2, 0.25) is 0 Å². The molecular formula is C28H27F3N4O3. The molecule has 7 nitrogen and oxygen atoms in total. The Bertz CT molecular complexity index is 1360. The zero-order valence-corrected chi connectivity index (χ0v) is 21.2. The number of ketones is 1. The summed E-state index contributed by atoms with van der Waals surface area (Å²) >= 11 is 0. The van der Waals surface area contributed by atoms with Crippen molar-refractivity contribution in [1.82, 2.24) is 10.2 Å². The van der Waals surface area contributed by atoms with Crippen LogP contribution >= 0.6 is 0 Å². The minimum Gasteiger partial charge on any atom is -0.333 e. The lowest BCUT2D eigenvalue weighted by Crippen LogP contribution is -2.59. The molecule has 198 valence electrons. The first kappa shape index (κ1) is 26.9. The van der Waals surface area contributed by atoms with Gasteiger partial charge in [-0.15, -0.1) is 0 Å². The number of urea groups is 2. The molecule has 4 amide bonds. The third kappa shape index (κ3) is 5.01. The molecule has 38 heavy (non-hydrogen) atoms. The number of nitrogens with one attached hydrogen (secondary N) is 1. The topological polar surface area (TPSA) is 93.5 Å². The van der Waals surface area contributed by atoms with Gasteiger partial charge in [-0.3, -0.25) is 9.69 Å². The molecule has 0 radical (unpaired) electrons. The number of hydrogen-bond acceptors (Lipinski definition) is 4. The Morgan fingerprint density at radius 1 is 1.11 bits per heavy atom. The maximum Gasteiger partial charge on any atom is 0.416 e. The van der Waals surface area contributed by atoms with Gasteiger partial charge in [0.15, 0.2) is 5.78 Å². The molecule has 0 fully saturated rings. The maximum atomic E-state index is 14.1. The fourth-order valence-corrected chi connectivity index (χ4v) is 4.64. The highest BCUT2D eigenvalue weighted by atomic mass is 19.4. The van der Waals surface area contributed by atoms with E-state index in [1.54, 1.807) is 26.0 Å². The number of Topliss-reactive ketones (excluding diaryl/α,β-unsaturated/α-hetero) is 1. The van der Waals surface area contributed by atoms with Crippen LogP contribution in [0, 0.1) is 11.3 Å². The van der Waals surface area contributed by atoms with Gasteiger partial charge in [-0.1, -0.05) is 25.1 Å². The number of imide groups is 1. The van der Waals surface area contributed by atoms with E-state index < -0.39 is 35.4 Å². The first-order chi connectivity index (χ1) is 17.9. The molecule has 2 aromatic rings. The Balaban J connectivity index is 1.96. The predicted octanol–water partition coefficient (Wildman–Crippen LogP) is 6.47. The number of nitriles is 1. The number of benzene rings is 2. The molecule has 1 N–H and O–H groups in total. The highest BCUT2D eigenvalue weighted by Gasteiger charge is 2.48. The first-order valence-corrected chi connectivity index (χ1v) is 12.3. The van der Waals surface area contributed by atoms with E-state index in [0.29, 0.717) is 24.0 Å². The fourth-order valence-electron chi connectivity index (χ4n) is 4.64. The maximum absolute atomic E-state index is 14.1. The van der Waals surface area contributed by atoms with Crippen LogP contribution in [0.15, 0.2) is 59.8 Å². The minimum absolute atomic E-state index is 0.0853. The van der Waals surface area contributed by atoms with Crippen LogP contribution in [0.25, 0.3) is 0 Å². The normalized spacial score (nSPS) is 18.3. The fraction of sp³-hybridized carbons (Fsp3) is 0.357. The average Bonchev–Trinajstić information content (AvgIpc) is 2.87. The summed E-state index contributed by atoms with van der Waals surface area (Å²) in [5.41, 5.74) is -0.496. The summed E-state index contributed by atoms with van der Waals surface area (Å²) in [6.45, 7) is 5.41. The molecule has 2 aromatic carbocycles. The van der Waals surface area contributed by atoms with Crippen LogP contribution in [0.4, 0.5) is 28.4 Å². The molecule has 1 heterocycles. The molecule has 4 rings (SSSR count). The number of rotatable bonds is 4. The summed E-state index contributed by atoms with van der Waals surface area (Å²) in [5.74, 6) is -0.294. The third-order valence-electron chi connectivity index (χ3n) is 6.96. The van der Waals surface area contributed by atoms with Crippen molar-refractivity contribution in [2.24, 2.45) is 0 Å². The van der Waals surface area contributed by atoms with E-state index in [0.717, 1.165) is 21.9 Å². The third-order valence-corrected chi connectivity index (χ3v) is 6.96. The number of halogens is 3. The minimum atomic E-state index is -4.65. The van der Waals surface area contributed by atoms with Crippen molar-refractivity contribution in [3.63, 3.8) is 0 Å². The molecular weight excluding hydrogens is 497 g/mol. The number of carbonyl (C=O) groups is 3. The van der Waals surface area contributed by atoms with Gasteiger partial charge in [-0.25, -0.2) is 14.5 Å². The number of allylic oxidation sites excluding steroid dienone is 1. The quantitative estimate of drug-likeness (QED) is 0.496. The molecule has 1 atom stereocenters. The van der Waals surface area contributed by atoms with Gasteiger partial charge in [0.25, 0.3) is 0 Å². The molecule has 1 unspecified atom stereocenters.